The molecular weight excluding hydrogens is 330 g/mol. The molecule has 0 aliphatic carbocycles. The normalized spacial score (nSPS) is 21.0. The summed E-state index contributed by atoms with van der Waals surface area (Å²) in [5.74, 6) is 0.487. The predicted molar refractivity (Wildman–Crippen MR) is 88.5 cm³/mol. The molecule has 3 heterocycles. The third kappa shape index (κ3) is 2.99. The Morgan fingerprint density at radius 1 is 1.38 bits per heavy atom. The highest BCUT2D eigenvalue weighted by Crippen LogP contribution is 2.30. The topological polar surface area (TPSA) is 80.1 Å². The van der Waals surface area contributed by atoms with Crippen LogP contribution in [-0.2, 0) is 11.8 Å². The molecule has 0 saturated carbocycles. The van der Waals surface area contributed by atoms with Crippen molar-refractivity contribution in [1.29, 1.82) is 0 Å². The minimum Gasteiger partial charge on any atom is -0.347 e. The van der Waals surface area contributed by atoms with Crippen molar-refractivity contribution in [1.82, 2.24) is 24.8 Å². The average molecular weight is 348 g/mol. The lowest BCUT2D eigenvalue weighted by Gasteiger charge is -2.38. The quantitative estimate of drug-likeness (QED) is 0.913. The van der Waals surface area contributed by atoms with Crippen molar-refractivity contribution in [3.05, 3.63) is 47.3 Å². The van der Waals surface area contributed by atoms with Gasteiger partial charge in [-0.25, -0.2) is 4.98 Å². The standard InChI is InChI=1S/C16H18ClN5O2/c1-21-8-7-19-15(21)14-12(3-4-13(23)22(14)2)20-16(24)10-5-6-18-9-11(10)17/h5-9,12,14H,3-4H2,1-2H3,(H,20,24)/t12-,14-/m1/s1. The zero-order valence-electron chi connectivity index (χ0n) is 13.4. The Morgan fingerprint density at radius 3 is 2.83 bits per heavy atom. The number of piperidine rings is 1. The Balaban J connectivity index is 1.88. The Bertz CT molecular complexity index is 775. The molecule has 0 unspecified atom stereocenters. The van der Waals surface area contributed by atoms with Crippen LogP contribution in [0.2, 0.25) is 5.02 Å². The van der Waals surface area contributed by atoms with Crippen molar-refractivity contribution in [2.24, 2.45) is 7.05 Å². The van der Waals surface area contributed by atoms with E-state index in [1.807, 2.05) is 17.8 Å². The summed E-state index contributed by atoms with van der Waals surface area (Å²) in [6, 6.07) is 1.01. The van der Waals surface area contributed by atoms with Gasteiger partial charge in [-0.1, -0.05) is 11.6 Å². The van der Waals surface area contributed by atoms with Gasteiger partial charge in [-0.15, -0.1) is 0 Å². The van der Waals surface area contributed by atoms with Crippen LogP contribution in [0.4, 0.5) is 0 Å². The molecule has 2 aromatic rings. The number of carbonyl (C=O) groups excluding carboxylic acids is 2. The van der Waals surface area contributed by atoms with Crippen LogP contribution in [0, 0.1) is 0 Å². The number of halogens is 1. The summed E-state index contributed by atoms with van der Waals surface area (Å²) in [6.45, 7) is 0. The molecule has 0 radical (unpaired) electrons. The van der Waals surface area contributed by atoms with Gasteiger partial charge in [-0.2, -0.15) is 0 Å². The fourth-order valence-corrected chi connectivity index (χ4v) is 3.22. The van der Waals surface area contributed by atoms with Gasteiger partial charge in [0.05, 0.1) is 16.6 Å². The summed E-state index contributed by atoms with van der Waals surface area (Å²) in [5.41, 5.74) is 0.366. The maximum Gasteiger partial charge on any atom is 0.253 e. The van der Waals surface area contributed by atoms with E-state index < -0.39 is 0 Å². The number of imidazole rings is 1. The maximum absolute atomic E-state index is 12.6. The number of aromatic nitrogens is 3. The van der Waals surface area contributed by atoms with Crippen LogP contribution in [0.5, 0.6) is 0 Å². The van der Waals surface area contributed by atoms with E-state index in [2.05, 4.69) is 15.3 Å². The Kier molecular flexibility index (Phi) is 4.53. The lowest BCUT2D eigenvalue weighted by Crippen LogP contribution is -2.51. The SMILES string of the molecule is CN1C(=O)CC[C@@H](NC(=O)c2ccncc2Cl)[C@@H]1c1nccn1C. The number of pyridine rings is 1. The van der Waals surface area contributed by atoms with Crippen molar-refractivity contribution in [2.75, 3.05) is 7.05 Å². The fourth-order valence-electron chi connectivity index (χ4n) is 3.01. The number of hydrogen-bond donors (Lipinski definition) is 1. The molecule has 126 valence electrons. The van der Waals surface area contributed by atoms with Crippen LogP contribution in [0.25, 0.3) is 0 Å². The second-order valence-corrected chi connectivity index (χ2v) is 6.23. The zero-order valence-corrected chi connectivity index (χ0v) is 14.2. The van der Waals surface area contributed by atoms with Crippen molar-refractivity contribution in [3.8, 4) is 0 Å². The second kappa shape index (κ2) is 6.60. The number of hydrogen-bond acceptors (Lipinski definition) is 4. The lowest BCUT2D eigenvalue weighted by atomic mass is 9.95. The summed E-state index contributed by atoms with van der Waals surface area (Å²) < 4.78 is 1.86. The molecule has 1 saturated heterocycles. The highest BCUT2D eigenvalue weighted by Gasteiger charge is 2.38. The van der Waals surface area contributed by atoms with Gasteiger partial charge in [0, 0.05) is 45.3 Å². The van der Waals surface area contributed by atoms with Crippen molar-refractivity contribution < 1.29 is 9.59 Å². The molecule has 8 heteroatoms. The van der Waals surface area contributed by atoms with E-state index in [9.17, 15) is 9.59 Å². The molecule has 1 fully saturated rings. The van der Waals surface area contributed by atoms with Gasteiger partial charge in [0.25, 0.3) is 5.91 Å². The van der Waals surface area contributed by atoms with Gasteiger partial charge in [-0.3, -0.25) is 14.6 Å². The minimum absolute atomic E-state index is 0.0374. The Hall–Kier alpha value is -2.41. The number of carbonyl (C=O) groups is 2. The summed E-state index contributed by atoms with van der Waals surface area (Å²) in [7, 11) is 3.60. The van der Waals surface area contributed by atoms with Gasteiger partial charge < -0.3 is 14.8 Å². The third-order valence-electron chi connectivity index (χ3n) is 4.32. The second-order valence-electron chi connectivity index (χ2n) is 5.82. The average Bonchev–Trinajstić information content (AvgIpc) is 2.97. The molecule has 1 N–H and O–H groups in total. The molecule has 2 aromatic heterocycles. The number of amides is 2. The molecule has 7 nitrogen and oxygen atoms in total. The number of rotatable bonds is 3. The van der Waals surface area contributed by atoms with Crippen molar-refractivity contribution in [3.63, 3.8) is 0 Å². The predicted octanol–water partition coefficient (Wildman–Crippen LogP) is 1.56. The zero-order chi connectivity index (χ0) is 17.3. The van der Waals surface area contributed by atoms with Gasteiger partial charge >= 0.3 is 0 Å². The van der Waals surface area contributed by atoms with Crippen molar-refractivity contribution >= 4 is 23.4 Å². The maximum atomic E-state index is 12.6. The largest absolute Gasteiger partial charge is 0.347 e. The van der Waals surface area contributed by atoms with E-state index in [-0.39, 0.29) is 23.9 Å². The monoisotopic (exact) mass is 347 g/mol. The molecule has 0 bridgehead atoms. The number of aryl methyl sites for hydroxylation is 1. The highest BCUT2D eigenvalue weighted by atomic mass is 35.5. The number of likely N-dealkylation sites (tertiary alicyclic amines) is 1. The van der Waals surface area contributed by atoms with Gasteiger partial charge in [0.1, 0.15) is 11.9 Å². The number of likely N-dealkylation sites (N-methyl/N-ethyl adjacent to an activating group) is 1. The van der Waals surface area contributed by atoms with E-state index in [4.69, 9.17) is 11.6 Å². The van der Waals surface area contributed by atoms with E-state index in [0.29, 0.717) is 23.4 Å². The highest BCUT2D eigenvalue weighted by molar-refractivity contribution is 6.33. The fraction of sp³-hybridized carbons (Fsp3) is 0.375. The summed E-state index contributed by atoms with van der Waals surface area (Å²) in [6.07, 6.45) is 7.39. The van der Waals surface area contributed by atoms with Gasteiger partial charge in [-0.05, 0) is 12.5 Å². The molecule has 2 atom stereocenters. The molecule has 1 aliphatic rings. The van der Waals surface area contributed by atoms with Crippen LogP contribution >= 0.6 is 11.6 Å². The molecule has 24 heavy (non-hydrogen) atoms. The van der Waals surface area contributed by atoms with E-state index >= 15 is 0 Å². The molecule has 2 amide bonds. The first-order valence-electron chi connectivity index (χ1n) is 7.62. The first-order chi connectivity index (χ1) is 11.5. The van der Waals surface area contributed by atoms with E-state index in [1.165, 1.54) is 12.4 Å². The number of nitrogens with one attached hydrogen (secondary N) is 1. The molecule has 0 aromatic carbocycles. The molecule has 1 aliphatic heterocycles. The third-order valence-corrected chi connectivity index (χ3v) is 4.62. The van der Waals surface area contributed by atoms with Gasteiger partial charge in [0.2, 0.25) is 5.91 Å². The van der Waals surface area contributed by atoms with E-state index in [1.54, 1.807) is 24.2 Å². The first-order valence-corrected chi connectivity index (χ1v) is 8.00. The first kappa shape index (κ1) is 16.4. The summed E-state index contributed by atoms with van der Waals surface area (Å²) in [5, 5.41) is 3.29. The Labute approximate surface area is 144 Å². The smallest absolute Gasteiger partial charge is 0.253 e. The van der Waals surface area contributed by atoms with Gasteiger partial charge in [0.15, 0.2) is 0 Å². The molecular formula is C16H18ClN5O2. The van der Waals surface area contributed by atoms with Crippen LogP contribution in [0.1, 0.15) is 35.1 Å². The molecule has 0 spiro atoms. The summed E-state index contributed by atoms with van der Waals surface area (Å²) in [4.78, 5) is 34.6. The number of nitrogens with zero attached hydrogens (tertiary/aromatic N) is 4. The Morgan fingerprint density at radius 2 is 2.17 bits per heavy atom. The van der Waals surface area contributed by atoms with Crippen LogP contribution in [-0.4, -0.2) is 44.3 Å². The molecule has 3 rings (SSSR count). The summed E-state index contributed by atoms with van der Waals surface area (Å²) >= 11 is 6.05. The van der Waals surface area contributed by atoms with Crippen LogP contribution in [0.15, 0.2) is 30.9 Å². The van der Waals surface area contributed by atoms with Crippen LogP contribution in [0.3, 0.4) is 0 Å². The minimum atomic E-state index is -0.323. The van der Waals surface area contributed by atoms with Crippen molar-refractivity contribution in [2.45, 2.75) is 24.9 Å². The lowest BCUT2D eigenvalue weighted by molar-refractivity contribution is -0.136. The van der Waals surface area contributed by atoms with Crippen LogP contribution < -0.4 is 5.32 Å². The van der Waals surface area contributed by atoms with E-state index in [0.717, 1.165) is 5.82 Å².